The Balaban J connectivity index is 1.55. The Hall–Kier alpha value is -3.32. The molecule has 0 bridgehead atoms. The molecule has 1 amide bonds. The fourth-order valence-corrected chi connectivity index (χ4v) is 3.56. The number of ether oxygens (including phenoxy) is 2. The predicted octanol–water partition coefficient (Wildman–Crippen LogP) is 5.26. The molecule has 1 aromatic heterocycles. The van der Waals surface area contributed by atoms with Crippen LogP contribution in [0.3, 0.4) is 0 Å². The number of methoxy groups -OCH3 is 2. The van der Waals surface area contributed by atoms with Crippen molar-refractivity contribution in [1.29, 1.82) is 0 Å². The van der Waals surface area contributed by atoms with Crippen LogP contribution in [-0.4, -0.2) is 30.1 Å². The van der Waals surface area contributed by atoms with Crippen LogP contribution in [0.2, 0.25) is 0 Å². The Morgan fingerprint density at radius 2 is 1.66 bits per heavy atom. The van der Waals surface area contributed by atoms with Gasteiger partial charge in [0.2, 0.25) is 0 Å². The molecule has 4 rings (SSSR count). The highest BCUT2D eigenvalue weighted by Crippen LogP contribution is 2.35. The van der Waals surface area contributed by atoms with Crippen LogP contribution in [0.15, 0.2) is 65.1 Å². The molecule has 6 nitrogen and oxygen atoms in total. The van der Waals surface area contributed by atoms with E-state index in [1.807, 2.05) is 48.5 Å². The molecule has 146 valence electrons. The van der Waals surface area contributed by atoms with Gasteiger partial charge in [-0.05, 0) is 64.5 Å². The summed E-state index contributed by atoms with van der Waals surface area (Å²) in [6, 6.07) is 18.7. The van der Waals surface area contributed by atoms with Crippen molar-refractivity contribution in [2.45, 2.75) is 0 Å². The van der Waals surface area contributed by atoms with Gasteiger partial charge < -0.3 is 19.8 Å². The molecule has 7 heteroatoms. The third-order valence-corrected chi connectivity index (χ3v) is 5.30. The van der Waals surface area contributed by atoms with Crippen LogP contribution in [0.1, 0.15) is 10.4 Å². The summed E-state index contributed by atoms with van der Waals surface area (Å²) in [6.45, 7) is 0. The number of hydrogen-bond acceptors (Lipinski definition) is 4. The number of hydrogen-bond donors (Lipinski definition) is 2. The van der Waals surface area contributed by atoms with Crippen LogP contribution in [0.4, 0.5) is 5.69 Å². The van der Waals surface area contributed by atoms with Crippen LogP contribution >= 0.6 is 15.9 Å². The third-order valence-electron chi connectivity index (χ3n) is 4.51. The van der Waals surface area contributed by atoms with Gasteiger partial charge in [0, 0.05) is 16.8 Å². The van der Waals surface area contributed by atoms with E-state index in [1.165, 1.54) is 14.2 Å². The van der Waals surface area contributed by atoms with Crippen LogP contribution in [-0.2, 0) is 0 Å². The second kappa shape index (κ2) is 7.97. The van der Waals surface area contributed by atoms with Crippen molar-refractivity contribution in [1.82, 2.24) is 9.97 Å². The first-order valence-electron chi connectivity index (χ1n) is 8.87. The standard InChI is InChI=1S/C22H18BrN3O3/c1-28-18-11-14(12-19(29-2)20(18)23)22(27)24-15-9-7-13(8-10-15)21-25-16-5-3-4-6-17(16)26-21/h3-12H,1-2H3,(H,24,27)(H,25,26). The van der Waals surface area contributed by atoms with E-state index in [4.69, 9.17) is 9.47 Å². The normalized spacial score (nSPS) is 10.7. The number of nitrogens with zero attached hydrogens (tertiary/aromatic N) is 1. The Morgan fingerprint density at radius 3 is 2.28 bits per heavy atom. The molecule has 0 saturated heterocycles. The lowest BCUT2D eigenvalue weighted by Crippen LogP contribution is -2.12. The molecule has 0 spiro atoms. The van der Waals surface area contributed by atoms with Gasteiger partial charge in [0.05, 0.1) is 25.3 Å². The molecule has 4 aromatic rings. The quantitative estimate of drug-likeness (QED) is 0.433. The van der Waals surface area contributed by atoms with Crippen molar-refractivity contribution < 1.29 is 14.3 Å². The van der Waals surface area contributed by atoms with Crippen molar-refractivity contribution in [3.63, 3.8) is 0 Å². The first kappa shape index (κ1) is 19.0. The molecule has 1 heterocycles. The van der Waals surface area contributed by atoms with Crippen molar-refractivity contribution >= 4 is 38.6 Å². The molecule has 3 aromatic carbocycles. The number of aromatic amines is 1. The highest BCUT2D eigenvalue weighted by atomic mass is 79.9. The highest BCUT2D eigenvalue weighted by molar-refractivity contribution is 9.10. The number of halogens is 1. The molecule has 0 saturated carbocycles. The van der Waals surface area contributed by atoms with Gasteiger partial charge >= 0.3 is 0 Å². The Bertz CT molecular complexity index is 1130. The summed E-state index contributed by atoms with van der Waals surface area (Å²) in [5.41, 5.74) is 3.95. The molecule has 0 aliphatic carbocycles. The van der Waals surface area contributed by atoms with Gasteiger partial charge in [0.15, 0.2) is 0 Å². The van der Waals surface area contributed by atoms with Crippen LogP contribution in [0.25, 0.3) is 22.4 Å². The number of amides is 1. The zero-order valence-electron chi connectivity index (χ0n) is 15.8. The number of fused-ring (bicyclic) bond motifs is 1. The molecule has 0 radical (unpaired) electrons. The van der Waals surface area contributed by atoms with Crippen molar-refractivity contribution in [3.05, 3.63) is 70.7 Å². The SMILES string of the molecule is COc1cc(C(=O)Nc2ccc(-c3nc4ccccc4[nH]3)cc2)cc(OC)c1Br. The predicted molar refractivity (Wildman–Crippen MR) is 117 cm³/mol. The summed E-state index contributed by atoms with van der Waals surface area (Å²) in [4.78, 5) is 20.6. The first-order chi connectivity index (χ1) is 14.1. The van der Waals surface area contributed by atoms with Crippen molar-refractivity contribution in [2.75, 3.05) is 19.5 Å². The van der Waals surface area contributed by atoms with E-state index in [-0.39, 0.29) is 5.91 Å². The Labute approximate surface area is 176 Å². The third kappa shape index (κ3) is 3.82. The fourth-order valence-electron chi connectivity index (χ4n) is 3.00. The van der Waals surface area contributed by atoms with Gasteiger partial charge in [0.1, 0.15) is 21.8 Å². The smallest absolute Gasteiger partial charge is 0.255 e. The molecule has 0 aliphatic heterocycles. The monoisotopic (exact) mass is 451 g/mol. The lowest BCUT2D eigenvalue weighted by molar-refractivity contribution is 0.102. The number of imidazole rings is 1. The van der Waals surface area contributed by atoms with E-state index in [0.717, 1.165) is 22.4 Å². The van der Waals surface area contributed by atoms with Crippen LogP contribution in [0, 0.1) is 0 Å². The van der Waals surface area contributed by atoms with Crippen molar-refractivity contribution in [3.8, 4) is 22.9 Å². The molecule has 0 fully saturated rings. The molecular weight excluding hydrogens is 434 g/mol. The number of benzene rings is 3. The molecule has 2 N–H and O–H groups in total. The lowest BCUT2D eigenvalue weighted by Gasteiger charge is -2.12. The summed E-state index contributed by atoms with van der Waals surface area (Å²) in [5.74, 6) is 1.57. The summed E-state index contributed by atoms with van der Waals surface area (Å²) in [6.07, 6.45) is 0. The van der Waals surface area contributed by atoms with Crippen molar-refractivity contribution in [2.24, 2.45) is 0 Å². The minimum absolute atomic E-state index is 0.259. The maximum atomic E-state index is 12.7. The number of para-hydroxylation sites is 2. The zero-order chi connectivity index (χ0) is 20.4. The summed E-state index contributed by atoms with van der Waals surface area (Å²) < 4.78 is 11.3. The second-order valence-corrected chi connectivity index (χ2v) is 7.12. The number of anilines is 1. The average Bonchev–Trinajstić information content (AvgIpc) is 3.18. The highest BCUT2D eigenvalue weighted by Gasteiger charge is 2.15. The fraction of sp³-hybridized carbons (Fsp3) is 0.0909. The largest absolute Gasteiger partial charge is 0.495 e. The minimum Gasteiger partial charge on any atom is -0.495 e. The lowest BCUT2D eigenvalue weighted by atomic mass is 10.1. The first-order valence-corrected chi connectivity index (χ1v) is 9.66. The van der Waals surface area contributed by atoms with E-state index in [2.05, 4.69) is 31.2 Å². The summed E-state index contributed by atoms with van der Waals surface area (Å²) >= 11 is 3.40. The summed E-state index contributed by atoms with van der Waals surface area (Å²) in [7, 11) is 3.08. The van der Waals surface area contributed by atoms with E-state index < -0.39 is 0 Å². The minimum atomic E-state index is -0.259. The molecule has 0 unspecified atom stereocenters. The maximum Gasteiger partial charge on any atom is 0.255 e. The van der Waals surface area contributed by atoms with Gasteiger partial charge in [-0.25, -0.2) is 4.98 Å². The molecule has 0 atom stereocenters. The molecular formula is C22H18BrN3O3. The molecule has 29 heavy (non-hydrogen) atoms. The number of H-pyrrole nitrogens is 1. The maximum absolute atomic E-state index is 12.7. The number of aromatic nitrogens is 2. The number of carbonyl (C=O) groups excluding carboxylic acids is 1. The Morgan fingerprint density at radius 1 is 1.00 bits per heavy atom. The number of carbonyl (C=O) groups is 1. The van der Waals surface area contributed by atoms with E-state index in [9.17, 15) is 4.79 Å². The van der Waals surface area contributed by atoms with Gasteiger partial charge in [0.25, 0.3) is 5.91 Å². The van der Waals surface area contributed by atoms with Gasteiger partial charge in [-0.2, -0.15) is 0 Å². The Kier molecular flexibility index (Phi) is 5.22. The number of rotatable bonds is 5. The summed E-state index contributed by atoms with van der Waals surface area (Å²) in [5, 5.41) is 2.89. The van der Waals surface area contributed by atoms with Crippen LogP contribution in [0.5, 0.6) is 11.5 Å². The van der Waals surface area contributed by atoms with E-state index in [1.54, 1.807) is 12.1 Å². The number of nitrogens with one attached hydrogen (secondary N) is 2. The van der Waals surface area contributed by atoms with Crippen LogP contribution < -0.4 is 14.8 Å². The van der Waals surface area contributed by atoms with Gasteiger partial charge in [-0.1, -0.05) is 12.1 Å². The van der Waals surface area contributed by atoms with E-state index in [0.29, 0.717) is 27.2 Å². The van der Waals surface area contributed by atoms with E-state index >= 15 is 0 Å². The van der Waals surface area contributed by atoms with Gasteiger partial charge in [-0.15, -0.1) is 0 Å². The average molecular weight is 452 g/mol. The van der Waals surface area contributed by atoms with Gasteiger partial charge in [-0.3, -0.25) is 4.79 Å². The zero-order valence-corrected chi connectivity index (χ0v) is 17.4. The molecule has 0 aliphatic rings. The second-order valence-electron chi connectivity index (χ2n) is 6.33. The topological polar surface area (TPSA) is 76.2 Å².